The first-order valence-electron chi connectivity index (χ1n) is 8.56. The van der Waals surface area contributed by atoms with Gasteiger partial charge in [0.1, 0.15) is 17.5 Å². The summed E-state index contributed by atoms with van der Waals surface area (Å²) in [6.07, 6.45) is 0. The Kier molecular flexibility index (Phi) is 6.88. The Balaban J connectivity index is 1.88. The second-order valence-corrected chi connectivity index (χ2v) is 8.10. The van der Waals surface area contributed by atoms with Crippen LogP contribution in [0.1, 0.15) is 38.2 Å². The van der Waals surface area contributed by atoms with E-state index in [9.17, 15) is 0 Å². The van der Waals surface area contributed by atoms with E-state index in [1.165, 1.54) is 0 Å². The molecule has 26 heavy (non-hydrogen) atoms. The van der Waals surface area contributed by atoms with Crippen molar-refractivity contribution in [3.8, 4) is 0 Å². The van der Waals surface area contributed by atoms with Crippen molar-refractivity contribution in [3.05, 3.63) is 39.8 Å². The summed E-state index contributed by atoms with van der Waals surface area (Å²) < 4.78 is 18.5. The molecule has 8 heteroatoms. The van der Waals surface area contributed by atoms with Gasteiger partial charge in [0.05, 0.1) is 18.9 Å². The number of rotatable bonds is 7. The average Bonchev–Trinajstić information content (AvgIpc) is 3.19. The minimum atomic E-state index is -0.609. The molecule has 0 bridgehead atoms. The molecule has 142 valence electrons. The minimum Gasteiger partial charge on any atom is -0.327 e. The number of halogens is 2. The van der Waals surface area contributed by atoms with E-state index in [-0.39, 0.29) is 5.92 Å². The van der Waals surface area contributed by atoms with Crippen LogP contribution in [0.3, 0.4) is 0 Å². The minimum absolute atomic E-state index is 0.276. The van der Waals surface area contributed by atoms with E-state index in [1.54, 1.807) is 17.8 Å². The largest absolute Gasteiger partial charge is 0.327 e. The van der Waals surface area contributed by atoms with Gasteiger partial charge in [-0.2, -0.15) is 0 Å². The van der Waals surface area contributed by atoms with Crippen LogP contribution in [0.2, 0.25) is 10.0 Å². The lowest BCUT2D eigenvalue weighted by Crippen LogP contribution is -2.15. The van der Waals surface area contributed by atoms with Crippen LogP contribution in [0.25, 0.3) is 0 Å². The number of benzene rings is 1. The molecule has 1 fully saturated rings. The molecule has 0 spiro atoms. The van der Waals surface area contributed by atoms with Gasteiger partial charge in [0, 0.05) is 21.5 Å². The molecular weight excluding hydrogens is 395 g/mol. The van der Waals surface area contributed by atoms with Gasteiger partial charge in [-0.25, -0.2) is 4.98 Å². The molecular formula is C18H22Cl2N2O3S. The zero-order chi connectivity index (χ0) is 18.7. The first kappa shape index (κ1) is 20.0. The van der Waals surface area contributed by atoms with Gasteiger partial charge in [0.15, 0.2) is 0 Å². The van der Waals surface area contributed by atoms with Crippen molar-refractivity contribution in [2.75, 3.05) is 13.2 Å². The van der Waals surface area contributed by atoms with Gasteiger partial charge < -0.3 is 18.8 Å². The van der Waals surface area contributed by atoms with E-state index in [4.69, 9.17) is 42.4 Å². The zero-order valence-electron chi connectivity index (χ0n) is 15.0. The molecule has 1 aliphatic heterocycles. The fraction of sp³-hybridized carbons (Fsp3) is 0.500. The topological polar surface area (TPSA) is 45.5 Å². The molecule has 1 aromatic heterocycles. The van der Waals surface area contributed by atoms with E-state index >= 15 is 0 Å². The number of imidazole rings is 1. The Hall–Kier alpha value is -0.760. The fourth-order valence-corrected chi connectivity index (χ4v) is 4.68. The van der Waals surface area contributed by atoms with Crippen LogP contribution < -0.4 is 0 Å². The average molecular weight is 417 g/mol. The summed E-state index contributed by atoms with van der Waals surface area (Å²) in [5.41, 5.74) is 1.03. The SMILES string of the molecule is CCn1c(COC2OCCO2)nc(C(C)C)c1Sc1cc(Cl)cc(Cl)c1. The molecule has 5 nitrogen and oxygen atoms in total. The lowest BCUT2D eigenvalue weighted by molar-refractivity contribution is -0.237. The van der Waals surface area contributed by atoms with Gasteiger partial charge in [-0.3, -0.25) is 0 Å². The quantitative estimate of drug-likeness (QED) is 0.609. The summed E-state index contributed by atoms with van der Waals surface area (Å²) in [5.74, 6) is 1.13. The second-order valence-electron chi connectivity index (χ2n) is 6.17. The summed E-state index contributed by atoms with van der Waals surface area (Å²) in [4.78, 5) is 5.80. The van der Waals surface area contributed by atoms with Crippen LogP contribution in [0.15, 0.2) is 28.1 Å². The Morgan fingerprint density at radius 2 is 1.88 bits per heavy atom. The number of aromatic nitrogens is 2. The maximum absolute atomic E-state index is 6.15. The Morgan fingerprint density at radius 1 is 1.23 bits per heavy atom. The summed E-state index contributed by atoms with van der Waals surface area (Å²) >= 11 is 13.9. The van der Waals surface area contributed by atoms with Crippen molar-refractivity contribution in [2.45, 2.75) is 56.2 Å². The molecule has 0 atom stereocenters. The van der Waals surface area contributed by atoms with E-state index in [0.717, 1.165) is 28.0 Å². The predicted octanol–water partition coefficient (Wildman–Crippen LogP) is 5.33. The zero-order valence-corrected chi connectivity index (χ0v) is 17.3. The molecule has 1 saturated heterocycles. The van der Waals surface area contributed by atoms with E-state index < -0.39 is 6.48 Å². The highest BCUT2D eigenvalue weighted by Gasteiger charge is 2.22. The van der Waals surface area contributed by atoms with Crippen molar-refractivity contribution in [1.82, 2.24) is 9.55 Å². The van der Waals surface area contributed by atoms with Crippen LogP contribution in [0.4, 0.5) is 0 Å². The van der Waals surface area contributed by atoms with Gasteiger partial charge in [0.2, 0.25) is 0 Å². The second kappa shape index (κ2) is 8.95. The predicted molar refractivity (Wildman–Crippen MR) is 103 cm³/mol. The Labute approximate surface area is 167 Å². The molecule has 1 aromatic carbocycles. The van der Waals surface area contributed by atoms with Gasteiger partial charge in [0.25, 0.3) is 6.48 Å². The number of nitrogens with zero attached hydrogens (tertiary/aromatic N) is 2. The van der Waals surface area contributed by atoms with Crippen molar-refractivity contribution in [3.63, 3.8) is 0 Å². The number of hydrogen-bond donors (Lipinski definition) is 0. The van der Waals surface area contributed by atoms with E-state index in [0.29, 0.717) is 29.9 Å². The molecule has 0 unspecified atom stereocenters. The highest BCUT2D eigenvalue weighted by atomic mass is 35.5. The molecule has 3 rings (SSSR count). The normalized spacial score (nSPS) is 15.3. The molecule has 0 radical (unpaired) electrons. The van der Waals surface area contributed by atoms with Crippen LogP contribution in [0, 0.1) is 0 Å². The third kappa shape index (κ3) is 4.74. The van der Waals surface area contributed by atoms with Crippen molar-refractivity contribution < 1.29 is 14.2 Å². The molecule has 1 aliphatic rings. The molecule has 0 aliphatic carbocycles. The first-order valence-corrected chi connectivity index (χ1v) is 10.1. The van der Waals surface area contributed by atoms with Gasteiger partial charge >= 0.3 is 0 Å². The Bertz CT molecular complexity index is 741. The van der Waals surface area contributed by atoms with Crippen LogP contribution in [-0.2, 0) is 27.4 Å². The summed E-state index contributed by atoms with van der Waals surface area (Å²) in [6, 6.07) is 5.55. The van der Waals surface area contributed by atoms with Crippen molar-refractivity contribution >= 4 is 35.0 Å². The molecule has 0 amide bonds. The van der Waals surface area contributed by atoms with Crippen LogP contribution in [0.5, 0.6) is 0 Å². The molecule has 2 aromatic rings. The fourth-order valence-electron chi connectivity index (χ4n) is 2.70. The first-order chi connectivity index (χ1) is 12.5. The van der Waals surface area contributed by atoms with Gasteiger partial charge in [-0.05, 0) is 31.0 Å². The van der Waals surface area contributed by atoms with E-state index in [2.05, 4.69) is 25.3 Å². The van der Waals surface area contributed by atoms with Gasteiger partial charge in [-0.1, -0.05) is 48.8 Å². The lowest BCUT2D eigenvalue weighted by atomic mass is 10.1. The van der Waals surface area contributed by atoms with Crippen molar-refractivity contribution in [2.24, 2.45) is 0 Å². The number of hydrogen-bond acceptors (Lipinski definition) is 5. The highest BCUT2D eigenvalue weighted by Crippen LogP contribution is 2.37. The molecule has 0 saturated carbocycles. The summed E-state index contributed by atoms with van der Waals surface area (Å²) in [5, 5.41) is 2.31. The van der Waals surface area contributed by atoms with E-state index in [1.807, 2.05) is 12.1 Å². The summed E-state index contributed by atoms with van der Waals surface area (Å²) in [6.45, 7) is 7.96. The van der Waals surface area contributed by atoms with Crippen LogP contribution >= 0.6 is 35.0 Å². The third-order valence-corrected chi connectivity index (χ3v) is 5.41. The highest BCUT2D eigenvalue weighted by molar-refractivity contribution is 7.99. The Morgan fingerprint density at radius 3 is 2.46 bits per heavy atom. The van der Waals surface area contributed by atoms with Gasteiger partial charge in [-0.15, -0.1) is 0 Å². The monoisotopic (exact) mass is 416 g/mol. The smallest absolute Gasteiger partial charge is 0.272 e. The number of ether oxygens (including phenoxy) is 3. The molecule has 2 heterocycles. The maximum atomic E-state index is 6.15. The molecule has 0 N–H and O–H groups in total. The lowest BCUT2D eigenvalue weighted by Gasteiger charge is -2.13. The third-order valence-electron chi connectivity index (χ3n) is 3.88. The van der Waals surface area contributed by atoms with Crippen LogP contribution in [-0.4, -0.2) is 29.2 Å². The summed E-state index contributed by atoms with van der Waals surface area (Å²) in [7, 11) is 0. The van der Waals surface area contributed by atoms with Crippen molar-refractivity contribution in [1.29, 1.82) is 0 Å². The maximum Gasteiger partial charge on any atom is 0.272 e. The standard InChI is InChI=1S/C18H22Cl2N2O3S/c1-4-22-15(10-25-18-23-5-6-24-18)21-16(11(2)3)17(22)26-14-8-12(19)7-13(20)9-14/h7-9,11,18H,4-6,10H2,1-3H3.